The summed E-state index contributed by atoms with van der Waals surface area (Å²) < 4.78 is 0. The minimum atomic E-state index is -1.09. The molecule has 6 heteroatoms. The minimum Gasteiger partial charge on any atom is -0.383 e. The third kappa shape index (κ3) is 2.68. The molecule has 0 fully saturated rings. The second-order valence-corrected chi connectivity index (χ2v) is 6.00. The van der Waals surface area contributed by atoms with E-state index in [0.29, 0.717) is 5.69 Å². The Morgan fingerprint density at radius 1 is 1.38 bits per heavy atom. The number of carbonyl (C=O) groups excluding carboxylic acids is 1. The van der Waals surface area contributed by atoms with Crippen LogP contribution >= 0.6 is 11.3 Å². The van der Waals surface area contributed by atoms with E-state index >= 15 is 0 Å². The standard InChI is InChI=1S/C15H15N3O2S/c1-15(20,12-7-4-8-21-12)9-16-14(19)13-10-5-2-3-6-11(10)17-18-13/h2-8,20H,9H2,1H3,(H,16,19)(H,17,18). The van der Waals surface area contributed by atoms with E-state index in [9.17, 15) is 9.90 Å². The van der Waals surface area contributed by atoms with Gasteiger partial charge in [-0.15, -0.1) is 11.3 Å². The molecule has 0 saturated heterocycles. The van der Waals surface area contributed by atoms with E-state index in [4.69, 9.17) is 0 Å². The minimum absolute atomic E-state index is 0.132. The first-order valence-electron chi connectivity index (χ1n) is 6.55. The van der Waals surface area contributed by atoms with Gasteiger partial charge in [0, 0.05) is 10.3 Å². The van der Waals surface area contributed by atoms with Crippen molar-refractivity contribution in [3.05, 3.63) is 52.3 Å². The molecule has 0 bridgehead atoms. The Balaban J connectivity index is 1.75. The Labute approximate surface area is 125 Å². The van der Waals surface area contributed by atoms with Gasteiger partial charge in [-0.2, -0.15) is 5.10 Å². The van der Waals surface area contributed by atoms with Crippen molar-refractivity contribution < 1.29 is 9.90 Å². The van der Waals surface area contributed by atoms with Crippen LogP contribution in [0.25, 0.3) is 10.9 Å². The van der Waals surface area contributed by atoms with Gasteiger partial charge in [0.2, 0.25) is 0 Å². The Bertz CT molecular complexity index is 762. The number of para-hydroxylation sites is 1. The van der Waals surface area contributed by atoms with E-state index in [1.165, 1.54) is 11.3 Å². The molecule has 0 aliphatic rings. The number of aromatic nitrogens is 2. The molecule has 1 amide bonds. The highest BCUT2D eigenvalue weighted by atomic mass is 32.1. The predicted octanol–water partition coefficient (Wildman–Crippen LogP) is 2.26. The lowest BCUT2D eigenvalue weighted by molar-refractivity contribution is 0.0555. The van der Waals surface area contributed by atoms with Gasteiger partial charge in [-0.05, 0) is 24.4 Å². The molecule has 0 aliphatic carbocycles. The summed E-state index contributed by atoms with van der Waals surface area (Å²) in [5, 5.41) is 22.7. The van der Waals surface area contributed by atoms with Gasteiger partial charge in [0.15, 0.2) is 5.69 Å². The number of rotatable bonds is 4. The molecule has 108 valence electrons. The Morgan fingerprint density at radius 2 is 2.19 bits per heavy atom. The highest BCUT2D eigenvalue weighted by Gasteiger charge is 2.25. The van der Waals surface area contributed by atoms with Crippen LogP contribution in [0.5, 0.6) is 0 Å². The zero-order chi connectivity index (χ0) is 14.9. The molecule has 0 spiro atoms. The number of H-pyrrole nitrogens is 1. The summed E-state index contributed by atoms with van der Waals surface area (Å²) in [6, 6.07) is 11.2. The summed E-state index contributed by atoms with van der Waals surface area (Å²) in [6.45, 7) is 1.81. The maximum absolute atomic E-state index is 12.2. The van der Waals surface area contributed by atoms with E-state index in [1.54, 1.807) is 6.92 Å². The van der Waals surface area contributed by atoms with Gasteiger partial charge < -0.3 is 10.4 Å². The number of nitrogens with one attached hydrogen (secondary N) is 2. The van der Waals surface area contributed by atoms with Crippen molar-refractivity contribution in [2.75, 3.05) is 6.54 Å². The van der Waals surface area contributed by atoms with E-state index in [0.717, 1.165) is 15.8 Å². The van der Waals surface area contributed by atoms with E-state index in [2.05, 4.69) is 15.5 Å². The summed E-state index contributed by atoms with van der Waals surface area (Å²) in [4.78, 5) is 13.0. The predicted molar refractivity (Wildman–Crippen MR) is 82.3 cm³/mol. The number of aromatic amines is 1. The lowest BCUT2D eigenvalue weighted by Crippen LogP contribution is -2.38. The fraction of sp³-hybridized carbons (Fsp3) is 0.200. The number of thiophene rings is 1. The van der Waals surface area contributed by atoms with E-state index in [1.807, 2.05) is 41.8 Å². The Hall–Kier alpha value is -2.18. The van der Waals surface area contributed by atoms with Crippen LogP contribution < -0.4 is 5.32 Å². The molecule has 2 heterocycles. The molecule has 3 aromatic rings. The van der Waals surface area contributed by atoms with Crippen molar-refractivity contribution in [1.82, 2.24) is 15.5 Å². The zero-order valence-corrected chi connectivity index (χ0v) is 12.3. The van der Waals surface area contributed by atoms with Gasteiger partial charge in [0.05, 0.1) is 12.1 Å². The lowest BCUT2D eigenvalue weighted by atomic mass is 10.1. The van der Waals surface area contributed by atoms with Crippen LogP contribution in [0.4, 0.5) is 0 Å². The van der Waals surface area contributed by atoms with Gasteiger partial charge in [0.25, 0.3) is 5.91 Å². The molecule has 0 aliphatic heterocycles. The molecule has 1 unspecified atom stereocenters. The summed E-state index contributed by atoms with van der Waals surface area (Å²) in [5.41, 5.74) is 0.0656. The van der Waals surface area contributed by atoms with Crippen LogP contribution in [0, 0.1) is 0 Å². The van der Waals surface area contributed by atoms with Gasteiger partial charge in [-0.1, -0.05) is 24.3 Å². The van der Waals surface area contributed by atoms with Crippen LogP contribution in [-0.4, -0.2) is 27.8 Å². The molecule has 5 nitrogen and oxygen atoms in total. The quantitative estimate of drug-likeness (QED) is 0.691. The topological polar surface area (TPSA) is 78.0 Å². The molecule has 2 aromatic heterocycles. The average Bonchev–Trinajstić information content (AvgIpc) is 3.14. The normalized spacial score (nSPS) is 14.0. The lowest BCUT2D eigenvalue weighted by Gasteiger charge is -2.22. The van der Waals surface area contributed by atoms with Crippen molar-refractivity contribution >= 4 is 28.1 Å². The average molecular weight is 301 g/mol. The zero-order valence-electron chi connectivity index (χ0n) is 11.5. The van der Waals surface area contributed by atoms with E-state index < -0.39 is 5.60 Å². The molecule has 1 aromatic carbocycles. The van der Waals surface area contributed by atoms with Crippen molar-refractivity contribution in [2.24, 2.45) is 0 Å². The largest absolute Gasteiger partial charge is 0.383 e. The highest BCUT2D eigenvalue weighted by Crippen LogP contribution is 2.24. The third-order valence-electron chi connectivity index (χ3n) is 3.33. The SMILES string of the molecule is CC(O)(CNC(=O)c1n[nH]c2ccccc12)c1cccs1. The molecule has 3 rings (SSSR count). The van der Waals surface area contributed by atoms with Crippen molar-refractivity contribution in [2.45, 2.75) is 12.5 Å². The number of nitrogens with zero attached hydrogens (tertiary/aromatic N) is 1. The van der Waals surface area contributed by atoms with Crippen molar-refractivity contribution in [3.63, 3.8) is 0 Å². The number of hydrogen-bond acceptors (Lipinski definition) is 4. The molecule has 0 radical (unpaired) electrons. The van der Waals surface area contributed by atoms with Gasteiger partial charge in [-0.3, -0.25) is 9.89 Å². The summed E-state index contributed by atoms with van der Waals surface area (Å²) in [5.74, 6) is -0.302. The molecule has 1 atom stereocenters. The van der Waals surface area contributed by atoms with Crippen LogP contribution in [0.2, 0.25) is 0 Å². The van der Waals surface area contributed by atoms with Crippen molar-refractivity contribution in [1.29, 1.82) is 0 Å². The molecule has 0 saturated carbocycles. The number of fused-ring (bicyclic) bond motifs is 1. The van der Waals surface area contributed by atoms with Gasteiger partial charge >= 0.3 is 0 Å². The van der Waals surface area contributed by atoms with Crippen LogP contribution in [-0.2, 0) is 5.60 Å². The number of carbonyl (C=O) groups is 1. The molecular formula is C15H15N3O2S. The van der Waals surface area contributed by atoms with E-state index in [-0.39, 0.29) is 12.5 Å². The molecular weight excluding hydrogens is 286 g/mol. The monoisotopic (exact) mass is 301 g/mol. The van der Waals surface area contributed by atoms with Gasteiger partial charge in [0.1, 0.15) is 5.60 Å². The molecule has 21 heavy (non-hydrogen) atoms. The highest BCUT2D eigenvalue weighted by molar-refractivity contribution is 7.10. The number of aliphatic hydroxyl groups is 1. The van der Waals surface area contributed by atoms with Crippen LogP contribution in [0.3, 0.4) is 0 Å². The Kier molecular flexibility index (Phi) is 3.48. The first kappa shape index (κ1) is 13.8. The fourth-order valence-corrected chi connectivity index (χ4v) is 2.93. The molecule has 3 N–H and O–H groups in total. The number of hydrogen-bond donors (Lipinski definition) is 3. The number of benzene rings is 1. The second kappa shape index (κ2) is 5.31. The summed E-state index contributed by atoms with van der Waals surface area (Å²) in [6.07, 6.45) is 0. The first-order valence-corrected chi connectivity index (χ1v) is 7.43. The fourth-order valence-electron chi connectivity index (χ4n) is 2.14. The van der Waals surface area contributed by atoms with Gasteiger partial charge in [-0.25, -0.2) is 0 Å². The smallest absolute Gasteiger partial charge is 0.272 e. The summed E-state index contributed by atoms with van der Waals surface area (Å²) >= 11 is 1.46. The van der Waals surface area contributed by atoms with Crippen molar-refractivity contribution in [3.8, 4) is 0 Å². The summed E-state index contributed by atoms with van der Waals surface area (Å²) in [7, 11) is 0. The maximum atomic E-state index is 12.2. The third-order valence-corrected chi connectivity index (χ3v) is 4.45. The van der Waals surface area contributed by atoms with Crippen LogP contribution in [0.1, 0.15) is 22.3 Å². The second-order valence-electron chi connectivity index (χ2n) is 5.05. The first-order chi connectivity index (χ1) is 10.1. The maximum Gasteiger partial charge on any atom is 0.272 e. The number of amides is 1. The Morgan fingerprint density at radius 3 is 2.95 bits per heavy atom. The van der Waals surface area contributed by atoms with Crippen LogP contribution in [0.15, 0.2) is 41.8 Å².